The van der Waals surface area contributed by atoms with E-state index in [2.05, 4.69) is 96.4 Å². The van der Waals surface area contributed by atoms with E-state index >= 15 is 0 Å². The Labute approximate surface area is 149 Å². The summed E-state index contributed by atoms with van der Waals surface area (Å²) in [5.74, 6) is 0. The lowest BCUT2D eigenvalue weighted by atomic mass is 9.97. The van der Waals surface area contributed by atoms with E-state index in [1.54, 1.807) is 0 Å². The number of hydrogen-bond donors (Lipinski definition) is 2. The molecule has 3 aromatic carbocycles. The first kappa shape index (κ1) is 15.9. The molecule has 0 spiro atoms. The van der Waals surface area contributed by atoms with Crippen molar-refractivity contribution >= 4 is 5.69 Å². The van der Waals surface area contributed by atoms with Crippen LogP contribution in [-0.2, 0) is 6.42 Å². The number of anilines is 1. The van der Waals surface area contributed by atoms with Gasteiger partial charge in [0, 0.05) is 18.3 Å². The van der Waals surface area contributed by atoms with Crippen LogP contribution < -0.4 is 10.6 Å². The van der Waals surface area contributed by atoms with Gasteiger partial charge in [-0.3, -0.25) is 0 Å². The number of nitrogens with one attached hydrogen (secondary N) is 2. The summed E-state index contributed by atoms with van der Waals surface area (Å²) < 4.78 is 0. The molecule has 0 aliphatic carbocycles. The average Bonchev–Trinajstić information content (AvgIpc) is 2.83. The van der Waals surface area contributed by atoms with Gasteiger partial charge in [-0.15, -0.1) is 0 Å². The molecule has 2 heteroatoms. The maximum Gasteiger partial charge on any atom is 0.0641 e. The fraction of sp³-hybridized carbons (Fsp3) is 0.217. The molecule has 0 aromatic heterocycles. The Kier molecular flexibility index (Phi) is 4.53. The van der Waals surface area contributed by atoms with Gasteiger partial charge < -0.3 is 10.6 Å². The van der Waals surface area contributed by atoms with Gasteiger partial charge in [0.05, 0.1) is 6.04 Å². The molecule has 126 valence electrons. The van der Waals surface area contributed by atoms with Crippen LogP contribution in [0.25, 0.3) is 0 Å². The van der Waals surface area contributed by atoms with Crippen LogP contribution in [0.2, 0.25) is 0 Å². The van der Waals surface area contributed by atoms with Crippen LogP contribution in [0.1, 0.15) is 41.3 Å². The summed E-state index contributed by atoms with van der Waals surface area (Å²) in [4.78, 5) is 0. The molecule has 0 saturated heterocycles. The van der Waals surface area contributed by atoms with E-state index in [9.17, 15) is 0 Å². The van der Waals surface area contributed by atoms with Crippen LogP contribution >= 0.6 is 0 Å². The molecule has 1 heterocycles. The number of para-hydroxylation sites is 1. The number of fused-ring (bicyclic) bond motifs is 2. The third-order valence-electron chi connectivity index (χ3n) is 5.09. The first-order valence-electron chi connectivity index (χ1n) is 9.02. The fourth-order valence-corrected chi connectivity index (χ4v) is 3.64. The highest BCUT2D eigenvalue weighted by molar-refractivity contribution is 5.58. The molecular formula is C23H24N2. The van der Waals surface area contributed by atoms with Gasteiger partial charge in [0.2, 0.25) is 0 Å². The average molecular weight is 328 g/mol. The van der Waals surface area contributed by atoms with Gasteiger partial charge in [-0.05, 0) is 41.7 Å². The van der Waals surface area contributed by atoms with E-state index in [1.165, 1.54) is 27.9 Å². The summed E-state index contributed by atoms with van der Waals surface area (Å²) in [6.07, 6.45) is 0.990. The topological polar surface area (TPSA) is 24.1 Å². The normalized spacial score (nSPS) is 16.9. The summed E-state index contributed by atoms with van der Waals surface area (Å²) in [6.45, 7) is 3.12. The third-order valence-corrected chi connectivity index (χ3v) is 5.09. The summed E-state index contributed by atoms with van der Waals surface area (Å²) in [5.41, 5.74) is 6.75. The SMILES string of the molecule is C[C@H](NC[C@H]1Nc2ccccc2Cc2ccccc21)c1ccccc1. The summed E-state index contributed by atoms with van der Waals surface area (Å²) in [6, 6.07) is 28.7. The van der Waals surface area contributed by atoms with Gasteiger partial charge >= 0.3 is 0 Å². The van der Waals surface area contributed by atoms with E-state index in [-0.39, 0.29) is 6.04 Å². The first-order chi connectivity index (χ1) is 12.3. The molecule has 0 bridgehead atoms. The highest BCUT2D eigenvalue weighted by Gasteiger charge is 2.21. The zero-order valence-electron chi connectivity index (χ0n) is 14.6. The van der Waals surface area contributed by atoms with E-state index in [4.69, 9.17) is 0 Å². The van der Waals surface area contributed by atoms with E-state index in [0.29, 0.717) is 6.04 Å². The quantitative estimate of drug-likeness (QED) is 0.696. The molecule has 2 nitrogen and oxygen atoms in total. The minimum absolute atomic E-state index is 0.269. The van der Waals surface area contributed by atoms with Crippen molar-refractivity contribution < 1.29 is 0 Å². The zero-order valence-corrected chi connectivity index (χ0v) is 14.6. The van der Waals surface area contributed by atoms with Gasteiger partial charge in [-0.2, -0.15) is 0 Å². The second-order valence-electron chi connectivity index (χ2n) is 6.77. The summed E-state index contributed by atoms with van der Waals surface area (Å²) in [5, 5.41) is 7.47. The van der Waals surface area contributed by atoms with Crippen LogP contribution in [0.15, 0.2) is 78.9 Å². The fourth-order valence-electron chi connectivity index (χ4n) is 3.64. The highest BCUT2D eigenvalue weighted by atomic mass is 15.0. The van der Waals surface area contributed by atoms with Crippen molar-refractivity contribution in [3.8, 4) is 0 Å². The Balaban J connectivity index is 1.58. The predicted molar refractivity (Wildman–Crippen MR) is 105 cm³/mol. The Morgan fingerprint density at radius 1 is 0.880 bits per heavy atom. The second-order valence-corrected chi connectivity index (χ2v) is 6.77. The molecular weight excluding hydrogens is 304 g/mol. The largest absolute Gasteiger partial charge is 0.377 e. The minimum Gasteiger partial charge on any atom is -0.377 e. The Hall–Kier alpha value is -2.58. The Morgan fingerprint density at radius 3 is 2.40 bits per heavy atom. The smallest absolute Gasteiger partial charge is 0.0641 e. The molecule has 3 aromatic rings. The van der Waals surface area contributed by atoms with E-state index < -0.39 is 0 Å². The molecule has 0 fully saturated rings. The molecule has 2 atom stereocenters. The van der Waals surface area contributed by atoms with Crippen LogP contribution in [0.5, 0.6) is 0 Å². The molecule has 0 unspecified atom stereocenters. The van der Waals surface area contributed by atoms with E-state index in [1.807, 2.05) is 0 Å². The monoisotopic (exact) mass is 328 g/mol. The lowest BCUT2D eigenvalue weighted by molar-refractivity contribution is 0.542. The Morgan fingerprint density at radius 2 is 1.56 bits per heavy atom. The third kappa shape index (κ3) is 3.45. The van der Waals surface area contributed by atoms with Crippen molar-refractivity contribution in [3.63, 3.8) is 0 Å². The molecule has 25 heavy (non-hydrogen) atoms. The van der Waals surface area contributed by atoms with Crippen molar-refractivity contribution in [3.05, 3.63) is 101 Å². The van der Waals surface area contributed by atoms with Crippen molar-refractivity contribution in [2.45, 2.75) is 25.4 Å². The lowest BCUT2D eigenvalue weighted by Gasteiger charge is -2.23. The van der Waals surface area contributed by atoms with Crippen LogP contribution in [-0.4, -0.2) is 6.54 Å². The number of rotatable bonds is 4. The first-order valence-corrected chi connectivity index (χ1v) is 9.02. The molecule has 0 radical (unpaired) electrons. The molecule has 0 saturated carbocycles. The van der Waals surface area contributed by atoms with Crippen molar-refractivity contribution in [1.29, 1.82) is 0 Å². The summed E-state index contributed by atoms with van der Waals surface area (Å²) >= 11 is 0. The summed E-state index contributed by atoms with van der Waals surface area (Å²) in [7, 11) is 0. The van der Waals surface area contributed by atoms with E-state index in [0.717, 1.165) is 13.0 Å². The van der Waals surface area contributed by atoms with Gasteiger partial charge in [0.1, 0.15) is 0 Å². The zero-order chi connectivity index (χ0) is 17.1. The maximum atomic E-state index is 3.76. The van der Waals surface area contributed by atoms with Crippen LogP contribution in [0.4, 0.5) is 5.69 Å². The molecule has 1 aliphatic heterocycles. The maximum absolute atomic E-state index is 3.76. The molecule has 1 aliphatic rings. The van der Waals surface area contributed by atoms with Crippen LogP contribution in [0, 0.1) is 0 Å². The van der Waals surface area contributed by atoms with Crippen molar-refractivity contribution in [1.82, 2.24) is 5.32 Å². The van der Waals surface area contributed by atoms with Gasteiger partial charge in [-0.1, -0.05) is 72.8 Å². The van der Waals surface area contributed by atoms with Gasteiger partial charge in [-0.25, -0.2) is 0 Å². The molecule has 2 N–H and O–H groups in total. The van der Waals surface area contributed by atoms with Gasteiger partial charge in [0.25, 0.3) is 0 Å². The predicted octanol–water partition coefficient (Wildman–Crippen LogP) is 5.09. The number of benzene rings is 3. The molecule has 4 rings (SSSR count). The van der Waals surface area contributed by atoms with Gasteiger partial charge in [0.15, 0.2) is 0 Å². The van der Waals surface area contributed by atoms with Crippen LogP contribution in [0.3, 0.4) is 0 Å². The van der Waals surface area contributed by atoms with Crippen molar-refractivity contribution in [2.24, 2.45) is 0 Å². The Bertz CT molecular complexity index is 841. The highest BCUT2D eigenvalue weighted by Crippen LogP contribution is 2.32. The molecule has 0 amide bonds. The lowest BCUT2D eigenvalue weighted by Crippen LogP contribution is -2.28. The standard InChI is InChI=1S/C23H24N2/c1-17(18-9-3-2-4-10-18)24-16-23-21-13-7-5-11-19(21)15-20-12-6-8-14-22(20)25-23/h2-14,17,23-25H,15-16H2,1H3/t17-,23+/m0/s1. The minimum atomic E-state index is 0.269. The van der Waals surface area contributed by atoms with Crippen molar-refractivity contribution in [2.75, 3.05) is 11.9 Å². The number of hydrogen-bond acceptors (Lipinski definition) is 2. The second kappa shape index (κ2) is 7.12.